The van der Waals surface area contributed by atoms with Crippen molar-refractivity contribution in [2.24, 2.45) is 5.92 Å². The fraction of sp³-hybridized carbons (Fsp3) is 0.667. The van der Waals surface area contributed by atoms with Gasteiger partial charge in [-0.2, -0.15) is 0 Å². The van der Waals surface area contributed by atoms with E-state index in [2.05, 4.69) is 9.97 Å². The van der Waals surface area contributed by atoms with Crippen LogP contribution in [0, 0.1) is 5.92 Å². The first kappa shape index (κ1) is 14.4. The van der Waals surface area contributed by atoms with Crippen molar-refractivity contribution in [3.05, 3.63) is 24.3 Å². The Morgan fingerprint density at radius 2 is 2.37 bits per heavy atom. The van der Waals surface area contributed by atoms with Gasteiger partial charge in [-0.15, -0.1) is 0 Å². The Morgan fingerprint density at radius 1 is 1.58 bits per heavy atom. The number of hydrogen-bond acceptors (Lipinski definition) is 5. The normalized spacial score (nSPS) is 23.2. The molecule has 7 heteroatoms. The van der Waals surface area contributed by atoms with Gasteiger partial charge in [-0.1, -0.05) is 0 Å². The molecule has 19 heavy (non-hydrogen) atoms. The minimum atomic E-state index is -3.13. The molecule has 1 aliphatic rings. The van der Waals surface area contributed by atoms with Crippen LogP contribution < -0.4 is 0 Å². The Kier molecular flexibility index (Phi) is 4.49. The van der Waals surface area contributed by atoms with Gasteiger partial charge in [-0.25, -0.2) is 22.7 Å². The summed E-state index contributed by atoms with van der Waals surface area (Å²) >= 11 is 0. The average Bonchev–Trinajstić information content (AvgIpc) is 2.39. The van der Waals surface area contributed by atoms with Crippen molar-refractivity contribution in [3.63, 3.8) is 0 Å². The Balaban J connectivity index is 1.96. The molecule has 2 unspecified atom stereocenters. The molecule has 1 aromatic rings. The lowest BCUT2D eigenvalue weighted by atomic mass is 9.92. The molecular formula is C12H19N3O3S. The third-order valence-electron chi connectivity index (χ3n) is 3.45. The van der Waals surface area contributed by atoms with E-state index in [4.69, 9.17) is 0 Å². The number of aromatic nitrogens is 2. The minimum absolute atomic E-state index is 0.174. The van der Waals surface area contributed by atoms with Gasteiger partial charge in [0.2, 0.25) is 10.0 Å². The predicted molar refractivity (Wildman–Crippen MR) is 70.7 cm³/mol. The molecule has 1 saturated heterocycles. The molecular weight excluding hydrogens is 266 g/mol. The first-order valence-corrected chi connectivity index (χ1v) is 8.21. The van der Waals surface area contributed by atoms with Crippen LogP contribution in [-0.2, 0) is 10.0 Å². The standard InChI is InChI=1S/C12H19N3O3S/c1-19(17,18)15-6-2-3-10(8-15)7-12(16)11-4-5-13-9-14-11/h4-5,9-10,12,16H,2-3,6-8H2,1H3. The number of sulfonamides is 1. The topological polar surface area (TPSA) is 83.4 Å². The van der Waals surface area contributed by atoms with Crippen molar-refractivity contribution in [3.8, 4) is 0 Å². The second-order valence-corrected chi connectivity index (χ2v) is 7.00. The molecule has 0 spiro atoms. The van der Waals surface area contributed by atoms with Crippen LogP contribution in [-0.4, -0.2) is 47.1 Å². The van der Waals surface area contributed by atoms with Crippen LogP contribution in [0.15, 0.2) is 18.6 Å². The number of nitrogens with zero attached hydrogens (tertiary/aromatic N) is 3. The van der Waals surface area contributed by atoms with Crippen LogP contribution in [0.4, 0.5) is 0 Å². The zero-order valence-electron chi connectivity index (χ0n) is 10.9. The highest BCUT2D eigenvalue weighted by Crippen LogP contribution is 2.27. The van der Waals surface area contributed by atoms with Crippen LogP contribution in [0.1, 0.15) is 31.1 Å². The van der Waals surface area contributed by atoms with E-state index < -0.39 is 16.1 Å². The highest BCUT2D eigenvalue weighted by Gasteiger charge is 2.27. The number of rotatable bonds is 4. The Hall–Kier alpha value is -1.05. The van der Waals surface area contributed by atoms with Gasteiger partial charge in [0.1, 0.15) is 6.33 Å². The summed E-state index contributed by atoms with van der Waals surface area (Å²) in [4.78, 5) is 7.83. The van der Waals surface area contributed by atoms with Gasteiger partial charge in [-0.3, -0.25) is 0 Å². The highest BCUT2D eigenvalue weighted by molar-refractivity contribution is 7.88. The summed E-state index contributed by atoms with van der Waals surface area (Å²) in [6.45, 7) is 1.07. The van der Waals surface area contributed by atoms with E-state index >= 15 is 0 Å². The van der Waals surface area contributed by atoms with E-state index in [1.807, 2.05) is 0 Å². The molecule has 6 nitrogen and oxygen atoms in total. The number of aliphatic hydroxyl groups excluding tert-OH is 1. The molecule has 0 aromatic carbocycles. The monoisotopic (exact) mass is 285 g/mol. The molecule has 1 fully saturated rings. The lowest BCUT2D eigenvalue weighted by Gasteiger charge is -2.31. The summed E-state index contributed by atoms with van der Waals surface area (Å²) in [5, 5.41) is 10.1. The Labute approximate surface area is 113 Å². The van der Waals surface area contributed by atoms with Crippen LogP contribution >= 0.6 is 0 Å². The molecule has 2 heterocycles. The molecule has 1 N–H and O–H groups in total. The van der Waals surface area contributed by atoms with Gasteiger partial charge in [0.05, 0.1) is 18.1 Å². The molecule has 0 bridgehead atoms. The van der Waals surface area contributed by atoms with Gasteiger partial charge >= 0.3 is 0 Å². The van der Waals surface area contributed by atoms with Crippen molar-refractivity contribution < 1.29 is 13.5 Å². The smallest absolute Gasteiger partial charge is 0.211 e. The van der Waals surface area contributed by atoms with E-state index in [1.165, 1.54) is 16.9 Å². The first-order chi connectivity index (χ1) is 8.97. The van der Waals surface area contributed by atoms with Crippen LogP contribution in [0.5, 0.6) is 0 Å². The van der Waals surface area contributed by atoms with E-state index in [9.17, 15) is 13.5 Å². The zero-order chi connectivity index (χ0) is 13.9. The third-order valence-corrected chi connectivity index (χ3v) is 4.72. The quantitative estimate of drug-likeness (QED) is 0.874. The van der Waals surface area contributed by atoms with Crippen molar-refractivity contribution in [1.29, 1.82) is 0 Å². The number of piperidine rings is 1. The lowest BCUT2D eigenvalue weighted by Crippen LogP contribution is -2.39. The average molecular weight is 285 g/mol. The SMILES string of the molecule is CS(=O)(=O)N1CCCC(CC(O)c2ccncn2)C1. The summed E-state index contributed by atoms with van der Waals surface area (Å²) in [5.74, 6) is 0.174. The van der Waals surface area contributed by atoms with E-state index in [1.54, 1.807) is 12.3 Å². The predicted octanol–water partition coefficient (Wildman–Crippen LogP) is 0.572. The molecule has 1 aromatic heterocycles. The summed E-state index contributed by atoms with van der Waals surface area (Å²) < 4.78 is 24.6. The number of aliphatic hydroxyl groups is 1. The maximum Gasteiger partial charge on any atom is 0.211 e. The van der Waals surface area contributed by atoms with Crippen LogP contribution in [0.25, 0.3) is 0 Å². The van der Waals surface area contributed by atoms with Crippen molar-refractivity contribution >= 4 is 10.0 Å². The summed E-state index contributed by atoms with van der Waals surface area (Å²) in [6.07, 6.45) is 5.88. The summed E-state index contributed by atoms with van der Waals surface area (Å²) in [5.41, 5.74) is 0.589. The zero-order valence-corrected chi connectivity index (χ0v) is 11.8. The third kappa shape index (κ3) is 3.95. The Morgan fingerprint density at radius 3 is 3.00 bits per heavy atom. The summed E-state index contributed by atoms with van der Waals surface area (Å²) in [6, 6.07) is 1.68. The maximum atomic E-state index is 11.5. The molecule has 0 aliphatic carbocycles. The van der Waals surface area contributed by atoms with Crippen molar-refractivity contribution in [2.75, 3.05) is 19.3 Å². The summed E-state index contributed by atoms with van der Waals surface area (Å²) in [7, 11) is -3.13. The van der Waals surface area contributed by atoms with Crippen LogP contribution in [0.2, 0.25) is 0 Å². The Bertz CT molecular complexity index is 506. The van der Waals surface area contributed by atoms with Gasteiger partial charge < -0.3 is 5.11 Å². The van der Waals surface area contributed by atoms with Crippen LogP contribution in [0.3, 0.4) is 0 Å². The molecule has 0 amide bonds. The van der Waals surface area contributed by atoms with E-state index in [-0.39, 0.29) is 5.92 Å². The largest absolute Gasteiger partial charge is 0.387 e. The second-order valence-electron chi connectivity index (χ2n) is 5.02. The fourth-order valence-electron chi connectivity index (χ4n) is 2.45. The van der Waals surface area contributed by atoms with E-state index in [0.29, 0.717) is 25.2 Å². The van der Waals surface area contributed by atoms with Crippen molar-refractivity contribution in [2.45, 2.75) is 25.4 Å². The fourth-order valence-corrected chi connectivity index (χ4v) is 3.40. The molecule has 2 rings (SSSR count). The van der Waals surface area contributed by atoms with Gasteiger partial charge in [-0.05, 0) is 31.2 Å². The van der Waals surface area contributed by atoms with Gasteiger partial charge in [0.25, 0.3) is 0 Å². The molecule has 0 radical (unpaired) electrons. The molecule has 1 aliphatic heterocycles. The lowest BCUT2D eigenvalue weighted by molar-refractivity contribution is 0.119. The second kappa shape index (κ2) is 5.94. The van der Waals surface area contributed by atoms with E-state index in [0.717, 1.165) is 12.8 Å². The maximum absolute atomic E-state index is 11.5. The molecule has 106 valence electrons. The van der Waals surface area contributed by atoms with Gasteiger partial charge in [0.15, 0.2) is 0 Å². The van der Waals surface area contributed by atoms with Crippen molar-refractivity contribution in [1.82, 2.24) is 14.3 Å². The minimum Gasteiger partial charge on any atom is -0.387 e. The molecule has 0 saturated carbocycles. The first-order valence-electron chi connectivity index (χ1n) is 6.36. The molecule has 2 atom stereocenters. The number of hydrogen-bond donors (Lipinski definition) is 1. The highest BCUT2D eigenvalue weighted by atomic mass is 32.2. The van der Waals surface area contributed by atoms with Gasteiger partial charge in [0, 0.05) is 19.3 Å².